The molecule has 112 valence electrons. The first-order valence-corrected chi connectivity index (χ1v) is 8.40. The van der Waals surface area contributed by atoms with E-state index in [9.17, 15) is 0 Å². The molecule has 0 saturated carbocycles. The molecule has 1 fully saturated rings. The van der Waals surface area contributed by atoms with E-state index in [0.717, 1.165) is 23.6 Å². The minimum Gasteiger partial charge on any atom is -0.490 e. The quantitative estimate of drug-likeness (QED) is 0.861. The molecule has 0 radical (unpaired) electrons. The minimum absolute atomic E-state index is 0.680. The van der Waals surface area contributed by atoms with Gasteiger partial charge in [-0.1, -0.05) is 6.42 Å². The second-order valence-electron chi connectivity index (χ2n) is 5.38. The number of nitrogens with zero attached hydrogens (tertiary/aromatic N) is 2. The van der Waals surface area contributed by atoms with Gasteiger partial charge in [-0.25, -0.2) is 4.98 Å². The van der Waals surface area contributed by atoms with E-state index in [2.05, 4.69) is 9.88 Å². The number of hydrogen-bond donors (Lipinski definition) is 1. The lowest BCUT2D eigenvalue weighted by Gasteiger charge is -2.26. The molecule has 0 unspecified atom stereocenters. The Bertz CT molecular complexity index is 565. The average Bonchev–Trinajstić information content (AvgIpc) is 3.04. The fourth-order valence-corrected chi connectivity index (χ4v) is 3.22. The van der Waals surface area contributed by atoms with Crippen LogP contribution in [0.1, 0.15) is 19.3 Å². The molecule has 0 amide bonds. The molecule has 0 aliphatic carbocycles. The van der Waals surface area contributed by atoms with E-state index in [1.807, 2.05) is 29.1 Å². The van der Waals surface area contributed by atoms with Crippen LogP contribution >= 0.6 is 11.3 Å². The van der Waals surface area contributed by atoms with Gasteiger partial charge in [0.15, 0.2) is 0 Å². The number of piperidine rings is 1. The molecule has 0 bridgehead atoms. The SMILES string of the molecule is Nc1cc(-c2cscn2)ccc1OCCN1CCCCC1. The molecule has 1 saturated heterocycles. The van der Waals surface area contributed by atoms with Gasteiger partial charge in [-0.05, 0) is 44.1 Å². The van der Waals surface area contributed by atoms with Crippen molar-refractivity contribution in [2.45, 2.75) is 19.3 Å². The third-order valence-corrected chi connectivity index (χ3v) is 4.44. The van der Waals surface area contributed by atoms with Crippen LogP contribution in [0.2, 0.25) is 0 Å². The zero-order chi connectivity index (χ0) is 14.5. The van der Waals surface area contributed by atoms with Gasteiger partial charge < -0.3 is 10.5 Å². The van der Waals surface area contributed by atoms with Gasteiger partial charge in [0.2, 0.25) is 0 Å². The maximum absolute atomic E-state index is 6.08. The zero-order valence-electron chi connectivity index (χ0n) is 12.1. The van der Waals surface area contributed by atoms with Crippen LogP contribution in [0.5, 0.6) is 5.75 Å². The van der Waals surface area contributed by atoms with Crippen LogP contribution in [0.4, 0.5) is 5.69 Å². The standard InChI is InChI=1S/C16H21N3OS/c17-14-10-13(15-11-21-12-18-15)4-5-16(14)20-9-8-19-6-2-1-3-7-19/h4-5,10-12H,1-3,6-9,17H2. The number of anilines is 1. The van der Waals surface area contributed by atoms with Crippen molar-refractivity contribution in [1.82, 2.24) is 9.88 Å². The number of hydrogen-bond acceptors (Lipinski definition) is 5. The first kappa shape index (κ1) is 14.4. The molecule has 1 aliphatic heterocycles. The van der Waals surface area contributed by atoms with Gasteiger partial charge in [-0.15, -0.1) is 11.3 Å². The topological polar surface area (TPSA) is 51.4 Å². The Hall–Kier alpha value is -1.59. The summed E-state index contributed by atoms with van der Waals surface area (Å²) in [4.78, 5) is 6.76. The van der Waals surface area contributed by atoms with Crippen molar-refractivity contribution in [2.75, 3.05) is 32.0 Å². The van der Waals surface area contributed by atoms with Gasteiger partial charge in [-0.3, -0.25) is 4.90 Å². The lowest BCUT2D eigenvalue weighted by atomic mass is 10.1. The maximum Gasteiger partial charge on any atom is 0.142 e. The van der Waals surface area contributed by atoms with Crippen molar-refractivity contribution in [2.24, 2.45) is 0 Å². The average molecular weight is 303 g/mol. The Morgan fingerprint density at radius 2 is 2.10 bits per heavy atom. The van der Waals surface area contributed by atoms with E-state index in [0.29, 0.717) is 12.3 Å². The monoisotopic (exact) mass is 303 g/mol. The van der Waals surface area contributed by atoms with Gasteiger partial charge in [0.25, 0.3) is 0 Å². The second-order valence-corrected chi connectivity index (χ2v) is 6.10. The van der Waals surface area contributed by atoms with Crippen LogP contribution in [0.25, 0.3) is 11.3 Å². The fraction of sp³-hybridized carbons (Fsp3) is 0.438. The molecule has 1 aliphatic rings. The molecular formula is C16H21N3OS. The highest BCUT2D eigenvalue weighted by Gasteiger charge is 2.10. The summed E-state index contributed by atoms with van der Waals surface area (Å²) in [5.41, 5.74) is 10.6. The fourth-order valence-electron chi connectivity index (χ4n) is 2.66. The summed E-state index contributed by atoms with van der Waals surface area (Å²) in [5.74, 6) is 0.769. The van der Waals surface area contributed by atoms with Crippen LogP contribution in [0, 0.1) is 0 Å². The minimum atomic E-state index is 0.680. The molecule has 0 atom stereocenters. The molecule has 2 aromatic rings. The number of thiazole rings is 1. The number of ether oxygens (including phenoxy) is 1. The number of nitrogens with two attached hydrogens (primary N) is 1. The van der Waals surface area contributed by atoms with E-state index in [1.165, 1.54) is 32.4 Å². The summed E-state index contributed by atoms with van der Waals surface area (Å²) in [5, 5.41) is 2.02. The molecule has 2 heterocycles. The van der Waals surface area contributed by atoms with Crippen LogP contribution < -0.4 is 10.5 Å². The first-order chi connectivity index (χ1) is 10.3. The molecule has 5 heteroatoms. The highest BCUT2D eigenvalue weighted by Crippen LogP contribution is 2.28. The van der Waals surface area contributed by atoms with Crippen molar-refractivity contribution in [3.05, 3.63) is 29.1 Å². The number of nitrogen functional groups attached to an aromatic ring is 1. The Morgan fingerprint density at radius 3 is 2.81 bits per heavy atom. The Balaban J connectivity index is 1.56. The van der Waals surface area contributed by atoms with Crippen molar-refractivity contribution in [3.63, 3.8) is 0 Å². The van der Waals surface area contributed by atoms with Gasteiger partial charge in [0.05, 0.1) is 16.9 Å². The van der Waals surface area contributed by atoms with E-state index < -0.39 is 0 Å². The molecule has 2 N–H and O–H groups in total. The number of aromatic nitrogens is 1. The van der Waals surface area contributed by atoms with E-state index >= 15 is 0 Å². The van der Waals surface area contributed by atoms with Gasteiger partial charge in [0, 0.05) is 17.5 Å². The Morgan fingerprint density at radius 1 is 1.24 bits per heavy atom. The number of rotatable bonds is 5. The largest absolute Gasteiger partial charge is 0.490 e. The molecule has 1 aromatic carbocycles. The van der Waals surface area contributed by atoms with Crippen molar-refractivity contribution in [3.8, 4) is 17.0 Å². The number of benzene rings is 1. The third-order valence-electron chi connectivity index (χ3n) is 3.85. The zero-order valence-corrected chi connectivity index (χ0v) is 12.9. The van der Waals surface area contributed by atoms with Gasteiger partial charge >= 0.3 is 0 Å². The van der Waals surface area contributed by atoms with E-state index in [-0.39, 0.29) is 0 Å². The van der Waals surface area contributed by atoms with Crippen molar-refractivity contribution < 1.29 is 4.74 Å². The molecule has 4 nitrogen and oxygen atoms in total. The Labute approximate surface area is 129 Å². The third kappa shape index (κ3) is 3.74. The normalized spacial score (nSPS) is 16.0. The van der Waals surface area contributed by atoms with Gasteiger partial charge in [0.1, 0.15) is 12.4 Å². The van der Waals surface area contributed by atoms with Crippen molar-refractivity contribution in [1.29, 1.82) is 0 Å². The summed E-state index contributed by atoms with van der Waals surface area (Å²) >= 11 is 1.59. The second kappa shape index (κ2) is 6.91. The molecule has 21 heavy (non-hydrogen) atoms. The molecule has 1 aromatic heterocycles. The summed E-state index contributed by atoms with van der Waals surface area (Å²) in [7, 11) is 0. The van der Waals surface area contributed by atoms with E-state index in [4.69, 9.17) is 10.5 Å². The highest BCUT2D eigenvalue weighted by molar-refractivity contribution is 7.07. The smallest absolute Gasteiger partial charge is 0.142 e. The maximum atomic E-state index is 6.08. The van der Waals surface area contributed by atoms with Crippen molar-refractivity contribution >= 4 is 17.0 Å². The van der Waals surface area contributed by atoms with Crippen LogP contribution in [0.3, 0.4) is 0 Å². The lowest BCUT2D eigenvalue weighted by Crippen LogP contribution is -2.33. The van der Waals surface area contributed by atoms with Gasteiger partial charge in [-0.2, -0.15) is 0 Å². The van der Waals surface area contributed by atoms with Crippen LogP contribution in [-0.4, -0.2) is 36.1 Å². The summed E-state index contributed by atoms with van der Waals surface area (Å²) in [6.45, 7) is 4.07. The highest BCUT2D eigenvalue weighted by atomic mass is 32.1. The molecule has 3 rings (SSSR count). The molecule has 0 spiro atoms. The predicted octanol–water partition coefficient (Wildman–Crippen LogP) is 3.26. The Kier molecular flexibility index (Phi) is 4.72. The summed E-state index contributed by atoms with van der Waals surface area (Å²) in [6.07, 6.45) is 3.98. The van der Waals surface area contributed by atoms with Crippen LogP contribution in [-0.2, 0) is 0 Å². The summed E-state index contributed by atoms with van der Waals surface area (Å²) < 4.78 is 5.83. The first-order valence-electron chi connectivity index (χ1n) is 7.46. The number of likely N-dealkylation sites (tertiary alicyclic amines) is 1. The summed E-state index contributed by atoms with van der Waals surface area (Å²) in [6, 6.07) is 5.90. The van der Waals surface area contributed by atoms with Crippen LogP contribution in [0.15, 0.2) is 29.1 Å². The van der Waals surface area contributed by atoms with E-state index in [1.54, 1.807) is 11.3 Å². The lowest BCUT2D eigenvalue weighted by molar-refractivity contribution is 0.184. The predicted molar refractivity (Wildman–Crippen MR) is 87.7 cm³/mol. The molecular weight excluding hydrogens is 282 g/mol.